The van der Waals surface area contributed by atoms with Gasteiger partial charge in [-0.1, -0.05) is 37.3 Å². The van der Waals surface area contributed by atoms with Crippen molar-refractivity contribution in [2.75, 3.05) is 6.54 Å². The quantitative estimate of drug-likeness (QED) is 0.607. The van der Waals surface area contributed by atoms with Crippen LogP contribution in [0.25, 0.3) is 0 Å². The fourth-order valence-corrected chi connectivity index (χ4v) is 2.92. The van der Waals surface area contributed by atoms with Gasteiger partial charge in [-0.25, -0.2) is 0 Å². The Labute approximate surface area is 106 Å². The van der Waals surface area contributed by atoms with Crippen LogP contribution >= 0.6 is 0 Å². The average molecular weight is 247 g/mol. The molecule has 2 rings (SSSR count). The lowest BCUT2D eigenvalue weighted by atomic mass is 9.71. The highest BCUT2D eigenvalue weighted by Crippen LogP contribution is 2.46. The van der Waals surface area contributed by atoms with Gasteiger partial charge in [-0.15, -0.1) is 0 Å². The van der Waals surface area contributed by atoms with Gasteiger partial charge in [0.2, 0.25) is 6.54 Å². The number of ketones is 1. The first-order valence-electron chi connectivity index (χ1n) is 6.24. The van der Waals surface area contributed by atoms with E-state index in [2.05, 4.69) is 0 Å². The van der Waals surface area contributed by atoms with Crippen molar-refractivity contribution in [3.63, 3.8) is 0 Å². The molecule has 4 heteroatoms. The molecule has 0 amide bonds. The molecule has 1 aliphatic carbocycles. The average Bonchev–Trinajstić information content (AvgIpc) is 2.68. The third kappa shape index (κ3) is 2.28. The van der Waals surface area contributed by atoms with Crippen LogP contribution in [0.3, 0.4) is 0 Å². The second-order valence-corrected chi connectivity index (χ2v) is 5.17. The van der Waals surface area contributed by atoms with Gasteiger partial charge in [0.1, 0.15) is 5.78 Å². The minimum atomic E-state index is -0.575. The summed E-state index contributed by atoms with van der Waals surface area (Å²) in [6, 6.07) is 9.37. The van der Waals surface area contributed by atoms with Crippen LogP contribution in [-0.4, -0.2) is 17.3 Å². The molecule has 0 bridgehead atoms. The molecule has 0 aliphatic heterocycles. The van der Waals surface area contributed by atoms with E-state index in [4.69, 9.17) is 0 Å². The minimum absolute atomic E-state index is 0.165. The third-order valence-corrected chi connectivity index (χ3v) is 4.04. The molecule has 4 nitrogen and oxygen atoms in total. The van der Waals surface area contributed by atoms with E-state index in [1.54, 1.807) is 0 Å². The molecular weight excluding hydrogens is 230 g/mol. The van der Waals surface area contributed by atoms with Gasteiger partial charge in [-0.2, -0.15) is 0 Å². The molecule has 0 radical (unpaired) electrons. The molecule has 96 valence electrons. The fraction of sp³-hybridized carbons (Fsp3) is 0.500. The number of nitrogens with zero attached hydrogens (tertiary/aromatic N) is 1. The molecule has 0 saturated heterocycles. The predicted molar refractivity (Wildman–Crippen MR) is 68.0 cm³/mol. The van der Waals surface area contributed by atoms with Crippen molar-refractivity contribution < 1.29 is 9.72 Å². The standard InChI is InChI=1S/C14H17NO3/c1-14(9-5-8-13(14)16)12(10-15(17)18)11-6-3-2-4-7-11/h2-4,6-7,12H,5,8-10H2,1H3. The van der Waals surface area contributed by atoms with Crippen LogP contribution in [-0.2, 0) is 4.79 Å². The number of benzene rings is 1. The Morgan fingerprint density at radius 3 is 2.56 bits per heavy atom. The summed E-state index contributed by atoms with van der Waals surface area (Å²) in [6.07, 6.45) is 2.15. The number of carbonyl (C=O) groups excluding carboxylic acids is 1. The number of nitro groups is 1. The van der Waals surface area contributed by atoms with E-state index in [1.807, 2.05) is 37.3 Å². The highest BCUT2D eigenvalue weighted by Gasteiger charge is 2.46. The Morgan fingerprint density at radius 2 is 2.06 bits per heavy atom. The van der Waals surface area contributed by atoms with Gasteiger partial charge in [0, 0.05) is 16.8 Å². The van der Waals surface area contributed by atoms with Gasteiger partial charge in [0.15, 0.2) is 0 Å². The van der Waals surface area contributed by atoms with E-state index in [-0.39, 0.29) is 23.2 Å². The smallest absolute Gasteiger partial charge is 0.211 e. The first-order chi connectivity index (χ1) is 8.54. The largest absolute Gasteiger partial charge is 0.299 e. The molecular formula is C14H17NO3. The molecule has 1 aromatic rings. The van der Waals surface area contributed by atoms with E-state index in [0.29, 0.717) is 6.42 Å². The minimum Gasteiger partial charge on any atom is -0.299 e. The summed E-state index contributed by atoms with van der Waals surface area (Å²) < 4.78 is 0. The summed E-state index contributed by atoms with van der Waals surface area (Å²) >= 11 is 0. The van der Waals surface area contributed by atoms with Gasteiger partial charge in [0.25, 0.3) is 0 Å². The van der Waals surface area contributed by atoms with Crippen LogP contribution in [0.5, 0.6) is 0 Å². The lowest BCUT2D eigenvalue weighted by molar-refractivity contribution is -0.485. The first-order valence-corrected chi connectivity index (χ1v) is 6.24. The molecule has 0 aromatic heterocycles. The van der Waals surface area contributed by atoms with Crippen molar-refractivity contribution in [3.8, 4) is 0 Å². The maximum Gasteiger partial charge on any atom is 0.211 e. The summed E-state index contributed by atoms with van der Waals surface area (Å²) in [7, 11) is 0. The monoisotopic (exact) mass is 247 g/mol. The zero-order valence-electron chi connectivity index (χ0n) is 10.5. The SMILES string of the molecule is CC1(C(C[N+](=O)[O-])c2ccccc2)CCCC1=O. The Bertz CT molecular complexity index is 457. The van der Waals surface area contributed by atoms with Crippen molar-refractivity contribution in [1.29, 1.82) is 0 Å². The maximum atomic E-state index is 12.1. The second-order valence-electron chi connectivity index (χ2n) is 5.17. The predicted octanol–water partition coefficient (Wildman–Crippen LogP) is 2.81. The van der Waals surface area contributed by atoms with Crippen LogP contribution in [0, 0.1) is 15.5 Å². The number of hydrogen-bond acceptors (Lipinski definition) is 3. The van der Waals surface area contributed by atoms with Gasteiger partial charge in [-0.05, 0) is 18.4 Å². The summed E-state index contributed by atoms with van der Waals surface area (Å²) in [6.45, 7) is 1.70. The summed E-state index contributed by atoms with van der Waals surface area (Å²) in [5.74, 6) is -0.151. The maximum absolute atomic E-state index is 12.1. The molecule has 1 aliphatic rings. The highest BCUT2D eigenvalue weighted by molar-refractivity contribution is 5.87. The van der Waals surface area contributed by atoms with E-state index < -0.39 is 5.41 Å². The number of carbonyl (C=O) groups is 1. The van der Waals surface area contributed by atoms with Crippen LogP contribution in [0.4, 0.5) is 0 Å². The van der Waals surface area contributed by atoms with Gasteiger partial charge >= 0.3 is 0 Å². The van der Waals surface area contributed by atoms with E-state index >= 15 is 0 Å². The molecule has 1 fully saturated rings. The summed E-state index contributed by atoms with van der Waals surface area (Å²) in [5, 5.41) is 10.9. The summed E-state index contributed by atoms with van der Waals surface area (Å²) in [4.78, 5) is 22.6. The van der Waals surface area contributed by atoms with Crippen molar-refractivity contribution in [2.45, 2.75) is 32.1 Å². The second kappa shape index (κ2) is 4.88. The zero-order valence-corrected chi connectivity index (χ0v) is 10.5. The molecule has 1 aromatic carbocycles. The normalized spacial score (nSPS) is 25.1. The molecule has 18 heavy (non-hydrogen) atoms. The van der Waals surface area contributed by atoms with Crippen LogP contribution in [0.15, 0.2) is 30.3 Å². The Kier molecular flexibility index (Phi) is 3.45. The molecule has 0 N–H and O–H groups in total. The van der Waals surface area contributed by atoms with Gasteiger partial charge < -0.3 is 0 Å². The topological polar surface area (TPSA) is 60.2 Å². The van der Waals surface area contributed by atoms with Crippen molar-refractivity contribution in [3.05, 3.63) is 46.0 Å². The van der Waals surface area contributed by atoms with Gasteiger partial charge in [0.05, 0.1) is 5.92 Å². The zero-order chi connectivity index (χ0) is 13.2. The van der Waals surface area contributed by atoms with Crippen molar-refractivity contribution >= 4 is 5.78 Å². The first kappa shape index (κ1) is 12.7. The Hall–Kier alpha value is -1.71. The van der Waals surface area contributed by atoms with E-state index in [1.165, 1.54) is 0 Å². The third-order valence-electron chi connectivity index (χ3n) is 4.04. The molecule has 1 saturated carbocycles. The van der Waals surface area contributed by atoms with Crippen molar-refractivity contribution in [1.82, 2.24) is 0 Å². The highest BCUT2D eigenvalue weighted by atomic mass is 16.6. The number of rotatable bonds is 4. The lowest BCUT2D eigenvalue weighted by Gasteiger charge is -2.30. The molecule has 2 unspecified atom stereocenters. The number of hydrogen-bond donors (Lipinski definition) is 0. The molecule has 2 atom stereocenters. The van der Waals surface area contributed by atoms with Crippen LogP contribution in [0.1, 0.15) is 37.7 Å². The Morgan fingerprint density at radius 1 is 1.39 bits per heavy atom. The number of Topliss-reactive ketones (excluding diaryl/α,β-unsaturated/α-hetero) is 1. The van der Waals surface area contributed by atoms with E-state index in [0.717, 1.165) is 18.4 Å². The lowest BCUT2D eigenvalue weighted by Crippen LogP contribution is -2.34. The van der Waals surface area contributed by atoms with Gasteiger partial charge in [-0.3, -0.25) is 14.9 Å². The van der Waals surface area contributed by atoms with Crippen LogP contribution < -0.4 is 0 Å². The van der Waals surface area contributed by atoms with Crippen LogP contribution in [0.2, 0.25) is 0 Å². The fourth-order valence-electron chi connectivity index (χ4n) is 2.92. The van der Waals surface area contributed by atoms with Crippen molar-refractivity contribution in [2.24, 2.45) is 5.41 Å². The summed E-state index contributed by atoms with van der Waals surface area (Å²) in [5.41, 5.74) is 0.320. The molecule has 0 heterocycles. The Balaban J connectivity index is 2.37. The molecule has 0 spiro atoms. The van der Waals surface area contributed by atoms with E-state index in [9.17, 15) is 14.9 Å².